The molecule has 0 aromatic carbocycles. The number of esters is 1. The largest absolute Gasteiger partial charge is 0.469 e. The predicted octanol–water partition coefficient (Wildman–Crippen LogP) is 7.09. The molecule has 40 heavy (non-hydrogen) atoms. The zero-order valence-electron chi connectivity index (χ0n) is 25.8. The highest BCUT2D eigenvalue weighted by molar-refractivity contribution is 5.68. The van der Waals surface area contributed by atoms with Gasteiger partial charge in [-0.05, 0) is 76.5 Å². The lowest BCUT2D eigenvalue weighted by Gasteiger charge is -2.38. The molecule has 232 valence electrons. The molecule has 4 unspecified atom stereocenters. The molecule has 7 nitrogen and oxygen atoms in total. The number of aliphatic hydroxyl groups is 1. The molecular weight excluding hydrogens is 508 g/mol. The second-order valence-electron chi connectivity index (χ2n) is 12.5. The third-order valence-electron chi connectivity index (χ3n) is 9.39. The first-order valence-corrected chi connectivity index (χ1v) is 16.4. The van der Waals surface area contributed by atoms with Crippen molar-refractivity contribution in [2.75, 3.05) is 20.3 Å². The van der Waals surface area contributed by atoms with E-state index in [1.807, 2.05) is 0 Å². The lowest BCUT2D eigenvalue weighted by molar-refractivity contribution is -0.219. The number of hydrogen-bond acceptors (Lipinski definition) is 7. The molecule has 0 spiro atoms. The van der Waals surface area contributed by atoms with Gasteiger partial charge in [-0.2, -0.15) is 0 Å². The first kappa shape index (κ1) is 33.5. The summed E-state index contributed by atoms with van der Waals surface area (Å²) in [7, 11) is 1.44. The highest BCUT2D eigenvalue weighted by atomic mass is 16.7. The molecule has 1 N–H and O–H groups in total. The summed E-state index contributed by atoms with van der Waals surface area (Å²) >= 11 is 0. The Morgan fingerprint density at radius 2 is 1.73 bits per heavy atom. The third kappa shape index (κ3) is 10.7. The fraction of sp³-hybridized carbons (Fsp3) is 0.909. The average molecular weight is 567 g/mol. The van der Waals surface area contributed by atoms with E-state index in [4.69, 9.17) is 23.7 Å². The van der Waals surface area contributed by atoms with Crippen LogP contribution < -0.4 is 0 Å². The molecule has 2 aliphatic heterocycles. The molecule has 3 rings (SSSR count). The molecule has 0 aromatic rings. The van der Waals surface area contributed by atoms with Gasteiger partial charge in [-0.15, -0.1) is 0 Å². The summed E-state index contributed by atoms with van der Waals surface area (Å²) in [6, 6.07) is 0. The smallest absolute Gasteiger partial charge is 0.305 e. The highest BCUT2D eigenvalue weighted by Crippen LogP contribution is 2.41. The Kier molecular flexibility index (Phi) is 15.0. The van der Waals surface area contributed by atoms with Crippen LogP contribution in [-0.4, -0.2) is 61.8 Å². The fourth-order valence-electron chi connectivity index (χ4n) is 6.52. The van der Waals surface area contributed by atoms with Crippen LogP contribution in [0.15, 0.2) is 12.2 Å². The summed E-state index contributed by atoms with van der Waals surface area (Å²) in [5, 5.41) is 11.2. The second-order valence-corrected chi connectivity index (χ2v) is 12.5. The number of carbonyl (C=O) groups is 1. The van der Waals surface area contributed by atoms with Crippen molar-refractivity contribution in [3.63, 3.8) is 0 Å². The predicted molar refractivity (Wildman–Crippen MR) is 157 cm³/mol. The van der Waals surface area contributed by atoms with Gasteiger partial charge in [0.15, 0.2) is 12.6 Å². The van der Waals surface area contributed by atoms with Crippen molar-refractivity contribution in [2.24, 2.45) is 17.8 Å². The number of rotatable bonds is 17. The van der Waals surface area contributed by atoms with Crippen molar-refractivity contribution >= 4 is 5.97 Å². The monoisotopic (exact) mass is 566 g/mol. The molecule has 8 atom stereocenters. The van der Waals surface area contributed by atoms with E-state index in [-0.39, 0.29) is 36.5 Å². The van der Waals surface area contributed by atoms with Crippen LogP contribution in [-0.2, 0) is 28.5 Å². The van der Waals surface area contributed by atoms with Gasteiger partial charge in [0.05, 0.1) is 24.9 Å². The number of carbonyl (C=O) groups excluding carboxylic acids is 1. The van der Waals surface area contributed by atoms with Crippen molar-refractivity contribution in [1.29, 1.82) is 0 Å². The topological polar surface area (TPSA) is 83.5 Å². The van der Waals surface area contributed by atoms with Crippen molar-refractivity contribution in [3.05, 3.63) is 12.2 Å². The van der Waals surface area contributed by atoms with Gasteiger partial charge in [0, 0.05) is 32.0 Å². The van der Waals surface area contributed by atoms with E-state index in [1.54, 1.807) is 0 Å². The zero-order chi connectivity index (χ0) is 28.8. The van der Waals surface area contributed by atoms with E-state index in [9.17, 15) is 9.90 Å². The number of unbranched alkanes of at least 4 members (excludes halogenated alkanes) is 4. The zero-order valence-corrected chi connectivity index (χ0v) is 25.8. The van der Waals surface area contributed by atoms with Gasteiger partial charge < -0.3 is 28.8 Å². The molecule has 7 heteroatoms. The Morgan fingerprint density at radius 1 is 1.02 bits per heavy atom. The molecule has 1 aliphatic carbocycles. The van der Waals surface area contributed by atoms with E-state index in [0.29, 0.717) is 18.8 Å². The maximum atomic E-state index is 11.4. The Balaban J connectivity index is 1.71. The van der Waals surface area contributed by atoms with Gasteiger partial charge in [-0.25, -0.2) is 0 Å². The quantitative estimate of drug-likeness (QED) is 0.114. The molecule has 3 fully saturated rings. The summed E-state index contributed by atoms with van der Waals surface area (Å²) in [6.07, 6.45) is 19.5. The summed E-state index contributed by atoms with van der Waals surface area (Å²) in [5.74, 6) is 0.434. The van der Waals surface area contributed by atoms with Crippen molar-refractivity contribution in [1.82, 2.24) is 0 Å². The number of aliphatic hydroxyl groups excluding tert-OH is 1. The molecule has 2 heterocycles. The van der Waals surface area contributed by atoms with E-state index in [2.05, 4.69) is 32.9 Å². The number of methoxy groups -OCH3 is 1. The van der Waals surface area contributed by atoms with E-state index < -0.39 is 11.7 Å². The molecule has 3 aliphatic rings. The Hall–Kier alpha value is -0.990. The SMILES string of the molecule is CCCCC(C)C(C)(C=C[C@@H]1[C@@H](CCCCCCC(=O)OC)[C@@H](O)C[C@H]1OC1CCCCO1)OC1CCCCO1. The van der Waals surface area contributed by atoms with Gasteiger partial charge in [0.25, 0.3) is 0 Å². The minimum absolute atomic E-state index is 0.0696. The molecule has 0 aromatic heterocycles. The fourth-order valence-corrected chi connectivity index (χ4v) is 6.52. The van der Waals surface area contributed by atoms with Gasteiger partial charge in [-0.1, -0.05) is 58.1 Å². The normalized spacial score (nSPS) is 31.7. The first-order valence-electron chi connectivity index (χ1n) is 16.4. The van der Waals surface area contributed by atoms with Crippen LogP contribution in [0.2, 0.25) is 0 Å². The van der Waals surface area contributed by atoms with Crippen LogP contribution in [0.25, 0.3) is 0 Å². The van der Waals surface area contributed by atoms with Crippen molar-refractivity contribution < 1.29 is 33.6 Å². The molecule has 2 saturated heterocycles. The minimum Gasteiger partial charge on any atom is -0.469 e. The van der Waals surface area contributed by atoms with Gasteiger partial charge in [0.2, 0.25) is 0 Å². The lowest BCUT2D eigenvalue weighted by Crippen LogP contribution is -2.40. The second kappa shape index (κ2) is 17.8. The first-order chi connectivity index (χ1) is 19.4. The Bertz CT molecular complexity index is 730. The van der Waals surface area contributed by atoms with Gasteiger partial charge in [-0.3, -0.25) is 4.79 Å². The molecule has 1 saturated carbocycles. The van der Waals surface area contributed by atoms with E-state index in [0.717, 1.165) is 96.7 Å². The maximum absolute atomic E-state index is 11.4. The third-order valence-corrected chi connectivity index (χ3v) is 9.39. The van der Waals surface area contributed by atoms with Crippen LogP contribution in [0.5, 0.6) is 0 Å². The number of ether oxygens (including phenoxy) is 5. The van der Waals surface area contributed by atoms with E-state index >= 15 is 0 Å². The average Bonchev–Trinajstić information content (AvgIpc) is 3.26. The standard InChI is InChI=1S/C33H58O7/c1-5-6-15-25(2)33(3,40-32-19-12-14-23-38-32)21-20-27-26(16-9-7-8-10-17-30(35)36-4)28(34)24-29(27)39-31-18-11-13-22-37-31/h20-21,25-29,31-32,34H,5-19,22-24H2,1-4H3/t25?,26-,27-,28+,29-,31?,32?,33?/m1/s1. The number of hydrogen-bond donors (Lipinski definition) is 1. The summed E-state index contributed by atoms with van der Waals surface area (Å²) in [5.41, 5.74) is -0.449. The Morgan fingerprint density at radius 3 is 2.38 bits per heavy atom. The van der Waals surface area contributed by atoms with Crippen molar-refractivity contribution in [2.45, 2.75) is 154 Å². The molecular formula is C33H58O7. The van der Waals surface area contributed by atoms with Crippen LogP contribution in [0.4, 0.5) is 0 Å². The van der Waals surface area contributed by atoms with E-state index in [1.165, 1.54) is 13.5 Å². The molecule has 0 amide bonds. The van der Waals surface area contributed by atoms with Crippen LogP contribution >= 0.6 is 0 Å². The van der Waals surface area contributed by atoms with Crippen LogP contribution in [0, 0.1) is 17.8 Å². The summed E-state index contributed by atoms with van der Waals surface area (Å²) in [6.45, 7) is 8.26. The highest BCUT2D eigenvalue weighted by Gasteiger charge is 2.43. The van der Waals surface area contributed by atoms with Crippen LogP contribution in [0.1, 0.15) is 124 Å². The lowest BCUT2D eigenvalue weighted by atomic mass is 9.82. The summed E-state index contributed by atoms with van der Waals surface area (Å²) < 4.78 is 30.0. The molecule has 0 radical (unpaired) electrons. The van der Waals surface area contributed by atoms with Crippen LogP contribution in [0.3, 0.4) is 0 Å². The molecule has 0 bridgehead atoms. The minimum atomic E-state index is -0.449. The summed E-state index contributed by atoms with van der Waals surface area (Å²) in [4.78, 5) is 11.4. The van der Waals surface area contributed by atoms with Gasteiger partial charge in [0.1, 0.15) is 0 Å². The van der Waals surface area contributed by atoms with Crippen molar-refractivity contribution in [3.8, 4) is 0 Å². The van der Waals surface area contributed by atoms with Gasteiger partial charge >= 0.3 is 5.97 Å². The maximum Gasteiger partial charge on any atom is 0.305 e. The Labute approximate surface area is 243 Å².